The fourth-order valence-corrected chi connectivity index (χ4v) is 5.85. The van der Waals surface area contributed by atoms with E-state index in [4.69, 9.17) is 14.2 Å². The molecule has 0 aliphatic carbocycles. The van der Waals surface area contributed by atoms with E-state index in [1.165, 1.54) is 25.7 Å². The summed E-state index contributed by atoms with van der Waals surface area (Å²) in [5, 5.41) is 11.6. The van der Waals surface area contributed by atoms with Crippen LogP contribution in [0.15, 0.2) is 109 Å². The lowest BCUT2D eigenvalue weighted by molar-refractivity contribution is -0.889. The molecule has 338 valence electrons. The summed E-state index contributed by atoms with van der Waals surface area (Å²) in [4.78, 5) is 36.9. The maximum absolute atomic E-state index is 12.7. The minimum Gasteiger partial charge on any atom is -0.544 e. The molecule has 0 aromatic rings. The number of allylic oxidation sites excluding steroid dienone is 18. The number of carbonyl (C=O) groups excluding carboxylic acids is 3. The number of esters is 2. The highest BCUT2D eigenvalue weighted by molar-refractivity contribution is 5.70. The van der Waals surface area contributed by atoms with Gasteiger partial charge in [0.05, 0.1) is 40.3 Å². The van der Waals surface area contributed by atoms with Crippen molar-refractivity contribution in [1.29, 1.82) is 0 Å². The van der Waals surface area contributed by atoms with Gasteiger partial charge in [0, 0.05) is 19.3 Å². The molecular weight excluding hydrogens is 751 g/mol. The number of carbonyl (C=O) groups is 3. The fraction of sp³-hybridized carbons (Fsp3) is 0.596. The van der Waals surface area contributed by atoms with Crippen LogP contribution < -0.4 is 5.11 Å². The summed E-state index contributed by atoms with van der Waals surface area (Å²) >= 11 is 0. The Morgan fingerprint density at radius 1 is 0.517 bits per heavy atom. The Bertz CT molecular complexity index is 1340. The second-order valence-electron chi connectivity index (χ2n) is 15.9. The first-order valence-electron chi connectivity index (χ1n) is 22.9. The maximum Gasteiger partial charge on any atom is 0.306 e. The van der Waals surface area contributed by atoms with Crippen LogP contribution in [0.25, 0.3) is 0 Å². The van der Waals surface area contributed by atoms with Crippen LogP contribution in [0.2, 0.25) is 0 Å². The van der Waals surface area contributed by atoms with Crippen molar-refractivity contribution in [1.82, 2.24) is 0 Å². The van der Waals surface area contributed by atoms with Gasteiger partial charge in [-0.1, -0.05) is 142 Å². The molecule has 0 aromatic heterocycles. The van der Waals surface area contributed by atoms with Gasteiger partial charge in [-0.3, -0.25) is 9.59 Å². The average Bonchev–Trinajstić information content (AvgIpc) is 3.21. The molecule has 0 aliphatic rings. The monoisotopic (exact) mass is 834 g/mol. The first kappa shape index (κ1) is 56.0. The van der Waals surface area contributed by atoms with E-state index in [1.54, 1.807) is 21.1 Å². The van der Waals surface area contributed by atoms with E-state index in [2.05, 4.69) is 123 Å². The summed E-state index contributed by atoms with van der Waals surface area (Å²) in [6, 6.07) is -0.748. The third-order valence-electron chi connectivity index (χ3n) is 9.39. The van der Waals surface area contributed by atoms with Crippen molar-refractivity contribution >= 4 is 17.9 Å². The van der Waals surface area contributed by atoms with Crippen molar-refractivity contribution in [3.8, 4) is 0 Å². The Balaban J connectivity index is 4.51. The fourth-order valence-electron chi connectivity index (χ4n) is 5.85. The summed E-state index contributed by atoms with van der Waals surface area (Å²) in [6.45, 7) is 4.40. The summed E-state index contributed by atoms with van der Waals surface area (Å²) in [5.41, 5.74) is 0. The molecule has 2 unspecified atom stereocenters. The number of carboxylic acid groups (broad SMARTS) is 1. The van der Waals surface area contributed by atoms with Gasteiger partial charge in [0.2, 0.25) is 0 Å². The molecule has 0 bridgehead atoms. The first-order chi connectivity index (χ1) is 29.1. The van der Waals surface area contributed by atoms with Crippen molar-refractivity contribution in [3.63, 3.8) is 0 Å². The molecule has 0 rings (SSSR count). The highest BCUT2D eigenvalue weighted by Gasteiger charge is 2.25. The number of likely N-dealkylation sites (N-methyl/N-ethyl adjacent to an activating group) is 1. The SMILES string of the molecule is CC/C=C/C/C=C/C/C=C/C/C=C/C/C=C/CCCCCC(=O)OCC(COCCC(C(=O)[O-])[N+](C)(C)C)OC(=O)CCC/C=C/C/C=C/C/C=C/C/C=C/CCCCC. The Hall–Kier alpha value is -4.01. The van der Waals surface area contributed by atoms with Crippen LogP contribution in [-0.4, -0.2) is 75.5 Å². The molecule has 0 N–H and O–H groups in total. The number of hydrogen-bond acceptors (Lipinski definition) is 7. The van der Waals surface area contributed by atoms with Crippen molar-refractivity contribution in [2.75, 3.05) is 41.0 Å². The van der Waals surface area contributed by atoms with Crippen LogP contribution in [0.1, 0.15) is 149 Å². The van der Waals surface area contributed by atoms with Gasteiger partial charge in [-0.05, 0) is 96.3 Å². The zero-order valence-corrected chi connectivity index (χ0v) is 38.3. The number of hydrogen-bond donors (Lipinski definition) is 0. The van der Waals surface area contributed by atoms with Gasteiger partial charge < -0.3 is 28.6 Å². The van der Waals surface area contributed by atoms with Crippen LogP contribution in [-0.2, 0) is 28.6 Å². The highest BCUT2D eigenvalue weighted by atomic mass is 16.6. The zero-order chi connectivity index (χ0) is 44.2. The van der Waals surface area contributed by atoms with Crippen LogP contribution >= 0.6 is 0 Å². The quantitative estimate of drug-likeness (QED) is 0.0263. The molecule has 60 heavy (non-hydrogen) atoms. The van der Waals surface area contributed by atoms with E-state index >= 15 is 0 Å². The summed E-state index contributed by atoms with van der Waals surface area (Å²) in [6.07, 6.45) is 56.9. The Labute approximate surface area is 366 Å². The summed E-state index contributed by atoms with van der Waals surface area (Å²) in [7, 11) is 5.36. The molecule has 0 aliphatic heterocycles. The minimum atomic E-state index is -1.14. The zero-order valence-electron chi connectivity index (χ0n) is 38.3. The van der Waals surface area contributed by atoms with Crippen LogP contribution in [0.4, 0.5) is 0 Å². The summed E-state index contributed by atoms with van der Waals surface area (Å²) in [5.74, 6) is -1.87. The van der Waals surface area contributed by atoms with Gasteiger partial charge in [-0.25, -0.2) is 0 Å². The molecule has 0 amide bonds. The molecule has 0 spiro atoms. The van der Waals surface area contributed by atoms with Gasteiger partial charge >= 0.3 is 11.9 Å². The topological polar surface area (TPSA) is 102 Å². The molecule has 0 saturated heterocycles. The maximum atomic E-state index is 12.7. The van der Waals surface area contributed by atoms with Crippen molar-refractivity contribution in [2.45, 2.75) is 161 Å². The lowest BCUT2D eigenvalue weighted by atomic mass is 10.1. The molecule has 8 heteroatoms. The van der Waals surface area contributed by atoms with Gasteiger partial charge in [0.15, 0.2) is 6.10 Å². The van der Waals surface area contributed by atoms with Gasteiger partial charge in [0.25, 0.3) is 0 Å². The first-order valence-corrected chi connectivity index (χ1v) is 22.9. The minimum absolute atomic E-state index is 0.000349. The second kappa shape index (κ2) is 41.7. The van der Waals surface area contributed by atoms with Gasteiger partial charge in [0.1, 0.15) is 12.6 Å². The largest absolute Gasteiger partial charge is 0.544 e. The molecule has 0 fully saturated rings. The average molecular weight is 834 g/mol. The second-order valence-corrected chi connectivity index (χ2v) is 15.9. The van der Waals surface area contributed by atoms with Crippen LogP contribution in [0, 0.1) is 0 Å². The Morgan fingerprint density at radius 2 is 0.950 bits per heavy atom. The van der Waals surface area contributed by atoms with E-state index < -0.39 is 18.1 Å². The molecule has 0 heterocycles. The number of aliphatic carboxylic acids is 1. The normalized spacial score (nSPS) is 13.9. The van der Waals surface area contributed by atoms with E-state index in [9.17, 15) is 19.5 Å². The number of rotatable bonds is 39. The smallest absolute Gasteiger partial charge is 0.306 e. The van der Waals surface area contributed by atoms with E-state index in [0.717, 1.165) is 83.5 Å². The predicted octanol–water partition coefficient (Wildman–Crippen LogP) is 11.5. The van der Waals surface area contributed by atoms with E-state index in [-0.39, 0.29) is 49.1 Å². The number of nitrogens with zero attached hydrogens (tertiary/aromatic N) is 1. The van der Waals surface area contributed by atoms with Gasteiger partial charge in [-0.15, -0.1) is 0 Å². The van der Waals surface area contributed by atoms with E-state index in [1.807, 2.05) is 0 Å². The number of quaternary nitrogens is 1. The molecule has 0 aromatic carbocycles. The third-order valence-corrected chi connectivity index (χ3v) is 9.39. The number of carboxylic acids is 1. The third kappa shape index (κ3) is 39.5. The van der Waals surface area contributed by atoms with Crippen molar-refractivity contribution < 1.29 is 38.2 Å². The highest BCUT2D eigenvalue weighted by Crippen LogP contribution is 2.11. The lowest BCUT2D eigenvalue weighted by Crippen LogP contribution is -2.55. The molecule has 0 saturated carbocycles. The lowest BCUT2D eigenvalue weighted by Gasteiger charge is -2.34. The molecule has 8 nitrogen and oxygen atoms in total. The van der Waals surface area contributed by atoms with Crippen molar-refractivity contribution in [2.24, 2.45) is 0 Å². The number of unbranched alkanes of at least 4 members (excludes halogenated alkanes) is 7. The Kier molecular flexibility index (Phi) is 38.9. The molecule has 0 radical (unpaired) electrons. The van der Waals surface area contributed by atoms with Crippen LogP contribution in [0.5, 0.6) is 0 Å². The predicted molar refractivity (Wildman–Crippen MR) is 249 cm³/mol. The summed E-state index contributed by atoms with van der Waals surface area (Å²) < 4.78 is 17.1. The standard InChI is InChI=1S/C52H83NO7/c1-6-8-10-12-14-16-18-20-22-24-25-27-28-30-32-34-36-38-40-42-50(54)59-47-48(46-58-45-44-49(52(56)57)53(3,4)5)60-51(55)43-41-39-37-35-33-31-29-26-23-21-19-17-15-13-11-9-7-2/h8,10,14-17,20-23,25,27,29-32,35,37,48-49H,6-7,9,11-13,18-19,24,26,28,33-34,36,38-47H2,1-5H3/b10-8+,16-14+,17-15+,22-20+,23-21+,27-25+,31-29+,32-30+,37-35+. The number of ether oxygens (including phenoxy) is 3. The molecular formula is C52H83NO7. The Morgan fingerprint density at radius 3 is 1.40 bits per heavy atom. The van der Waals surface area contributed by atoms with E-state index in [0.29, 0.717) is 12.8 Å². The van der Waals surface area contributed by atoms with Crippen molar-refractivity contribution in [3.05, 3.63) is 109 Å². The van der Waals surface area contributed by atoms with Gasteiger partial charge in [-0.2, -0.15) is 0 Å². The molecule has 2 atom stereocenters. The van der Waals surface area contributed by atoms with Crippen LogP contribution in [0.3, 0.4) is 0 Å².